The highest BCUT2D eigenvalue weighted by Crippen LogP contribution is 2.33. The Labute approximate surface area is 125 Å². The van der Waals surface area contributed by atoms with Crippen molar-refractivity contribution in [2.75, 3.05) is 46.2 Å². The Bertz CT molecular complexity index is 224. The quantitative estimate of drug-likeness (QED) is 0.380. The maximum atomic E-state index is 9.99. The summed E-state index contributed by atoms with van der Waals surface area (Å²) in [7, 11) is -0.591. The summed E-state index contributed by atoms with van der Waals surface area (Å²) in [6.07, 6.45) is 0. The van der Waals surface area contributed by atoms with Crippen molar-refractivity contribution in [3.8, 4) is 0 Å². The molecule has 6 heteroatoms. The first-order chi connectivity index (χ1) is 9.40. The predicted molar refractivity (Wildman–Crippen MR) is 83.0 cm³/mol. The maximum Gasteiger partial charge on any atom is 0.0701 e. The Kier molecular flexibility index (Phi) is 11.7. The van der Waals surface area contributed by atoms with E-state index >= 15 is 0 Å². The van der Waals surface area contributed by atoms with Crippen molar-refractivity contribution in [1.29, 1.82) is 0 Å². The smallest absolute Gasteiger partial charge is 0.0701 e. The van der Waals surface area contributed by atoms with E-state index in [0.29, 0.717) is 45.6 Å². The van der Waals surface area contributed by atoms with E-state index in [1.165, 1.54) is 0 Å². The van der Waals surface area contributed by atoms with Gasteiger partial charge in [-0.2, -0.15) is 0 Å². The first-order valence-corrected chi connectivity index (χ1v) is 8.94. The monoisotopic (exact) mass is 308 g/mol. The molecule has 0 aliphatic carbocycles. The van der Waals surface area contributed by atoms with Gasteiger partial charge < -0.3 is 24.4 Å². The molecular formula is C14H32O5Si. The van der Waals surface area contributed by atoms with Crippen molar-refractivity contribution in [3.05, 3.63) is 0 Å². The molecule has 0 radical (unpaired) electrons. The fourth-order valence-corrected chi connectivity index (χ4v) is 3.60. The van der Waals surface area contributed by atoms with Gasteiger partial charge in [0.2, 0.25) is 0 Å². The summed E-state index contributed by atoms with van der Waals surface area (Å²) in [4.78, 5) is 0. The van der Waals surface area contributed by atoms with Gasteiger partial charge in [0.15, 0.2) is 0 Å². The Morgan fingerprint density at radius 1 is 0.950 bits per heavy atom. The lowest BCUT2D eigenvalue weighted by molar-refractivity contribution is -0.00227. The van der Waals surface area contributed by atoms with Gasteiger partial charge in [-0.15, -0.1) is 0 Å². The van der Waals surface area contributed by atoms with Gasteiger partial charge in [0.1, 0.15) is 0 Å². The van der Waals surface area contributed by atoms with E-state index in [2.05, 4.69) is 27.7 Å². The molecule has 0 saturated carbocycles. The van der Waals surface area contributed by atoms with E-state index in [1.807, 2.05) is 0 Å². The normalized spacial score (nSPS) is 14.6. The molecule has 5 nitrogen and oxygen atoms in total. The lowest BCUT2D eigenvalue weighted by Gasteiger charge is -2.30. The fourth-order valence-electron chi connectivity index (χ4n) is 1.63. The number of hydrogen-bond acceptors (Lipinski definition) is 5. The molecule has 0 saturated heterocycles. The van der Waals surface area contributed by atoms with E-state index in [1.54, 1.807) is 0 Å². The molecule has 0 heterocycles. The second kappa shape index (κ2) is 11.7. The second-order valence-corrected chi connectivity index (χ2v) is 9.20. The van der Waals surface area contributed by atoms with Crippen molar-refractivity contribution < 1.29 is 24.4 Å². The third kappa shape index (κ3) is 10.8. The minimum atomic E-state index is -0.591. The molecule has 0 aliphatic rings. The maximum absolute atomic E-state index is 9.99. The molecular weight excluding hydrogens is 276 g/mol. The van der Waals surface area contributed by atoms with Crippen LogP contribution in [0.15, 0.2) is 0 Å². The summed E-state index contributed by atoms with van der Waals surface area (Å²) in [5.74, 6) is 0.589. The molecule has 122 valence electrons. The zero-order valence-corrected chi connectivity index (χ0v) is 14.8. The summed E-state index contributed by atoms with van der Waals surface area (Å²) in [5.41, 5.74) is -0.291. The van der Waals surface area contributed by atoms with Gasteiger partial charge in [-0.3, -0.25) is 0 Å². The summed E-state index contributed by atoms with van der Waals surface area (Å²) in [6.45, 7) is 11.6. The molecule has 0 spiro atoms. The summed E-state index contributed by atoms with van der Waals surface area (Å²) < 4.78 is 15.8. The highest BCUT2D eigenvalue weighted by atomic mass is 28.2. The number of hydrogen-bond donors (Lipinski definition) is 2. The Morgan fingerprint density at radius 3 is 1.95 bits per heavy atom. The highest BCUT2D eigenvalue weighted by molar-refractivity contribution is 6.41. The van der Waals surface area contributed by atoms with E-state index < -0.39 is 9.52 Å². The first kappa shape index (κ1) is 20.0. The van der Waals surface area contributed by atoms with E-state index in [4.69, 9.17) is 19.3 Å². The molecule has 0 rings (SSSR count). The lowest BCUT2D eigenvalue weighted by Crippen LogP contribution is -2.33. The van der Waals surface area contributed by atoms with Crippen molar-refractivity contribution >= 4 is 9.52 Å². The zero-order valence-electron chi connectivity index (χ0n) is 13.4. The van der Waals surface area contributed by atoms with Gasteiger partial charge in [-0.1, -0.05) is 27.7 Å². The van der Waals surface area contributed by atoms with Gasteiger partial charge >= 0.3 is 0 Å². The van der Waals surface area contributed by atoms with Gasteiger partial charge in [-0.25, -0.2) is 0 Å². The molecule has 1 unspecified atom stereocenters. The van der Waals surface area contributed by atoms with Gasteiger partial charge in [0.05, 0.1) is 61.5 Å². The minimum Gasteiger partial charge on any atom is -0.395 e. The number of aliphatic hydroxyl groups is 2. The van der Waals surface area contributed by atoms with Crippen LogP contribution in [-0.4, -0.2) is 71.7 Å². The van der Waals surface area contributed by atoms with Crippen LogP contribution in [0.4, 0.5) is 0 Å². The van der Waals surface area contributed by atoms with Crippen molar-refractivity contribution in [2.45, 2.75) is 38.5 Å². The van der Waals surface area contributed by atoms with E-state index in [-0.39, 0.29) is 17.4 Å². The van der Waals surface area contributed by atoms with Gasteiger partial charge in [-0.05, 0) is 11.0 Å². The van der Waals surface area contributed by atoms with Crippen LogP contribution in [0.1, 0.15) is 27.7 Å². The molecule has 2 N–H and O–H groups in total. The Hall–Kier alpha value is 0.0169. The topological polar surface area (TPSA) is 68.2 Å². The third-order valence-electron chi connectivity index (χ3n) is 3.61. The molecule has 20 heavy (non-hydrogen) atoms. The van der Waals surface area contributed by atoms with Crippen molar-refractivity contribution in [1.82, 2.24) is 0 Å². The average molecular weight is 308 g/mol. The minimum absolute atomic E-state index is 0.0393. The molecule has 0 aromatic heterocycles. The SMILES string of the molecule is CC(C)C(C)(C)[SiH2]C(O)COCCOCCOCCO. The summed E-state index contributed by atoms with van der Waals surface area (Å²) >= 11 is 0. The van der Waals surface area contributed by atoms with Crippen LogP contribution in [-0.2, 0) is 14.2 Å². The largest absolute Gasteiger partial charge is 0.395 e. The average Bonchev–Trinajstić information content (AvgIpc) is 2.36. The summed E-state index contributed by atoms with van der Waals surface area (Å²) in [5, 5.41) is 18.7. The van der Waals surface area contributed by atoms with Crippen molar-refractivity contribution in [3.63, 3.8) is 0 Å². The zero-order chi connectivity index (χ0) is 15.4. The van der Waals surface area contributed by atoms with Gasteiger partial charge in [0, 0.05) is 0 Å². The second-order valence-electron chi connectivity index (χ2n) is 6.02. The number of ether oxygens (including phenoxy) is 3. The molecule has 0 aromatic carbocycles. The van der Waals surface area contributed by atoms with Crippen LogP contribution in [0.2, 0.25) is 5.04 Å². The van der Waals surface area contributed by atoms with Crippen LogP contribution < -0.4 is 0 Å². The molecule has 0 bridgehead atoms. The fraction of sp³-hybridized carbons (Fsp3) is 1.00. The van der Waals surface area contributed by atoms with Crippen LogP contribution in [0.3, 0.4) is 0 Å². The Balaban J connectivity index is 3.42. The predicted octanol–water partition coefficient (Wildman–Crippen LogP) is 0.370. The lowest BCUT2D eigenvalue weighted by atomic mass is 9.99. The van der Waals surface area contributed by atoms with Crippen LogP contribution >= 0.6 is 0 Å². The van der Waals surface area contributed by atoms with Crippen LogP contribution in [0.5, 0.6) is 0 Å². The molecule has 0 aromatic rings. The van der Waals surface area contributed by atoms with E-state index in [9.17, 15) is 5.11 Å². The first-order valence-electron chi connectivity index (χ1n) is 7.42. The van der Waals surface area contributed by atoms with Crippen LogP contribution in [0, 0.1) is 5.92 Å². The third-order valence-corrected chi connectivity index (χ3v) is 6.19. The highest BCUT2D eigenvalue weighted by Gasteiger charge is 2.26. The molecule has 1 atom stereocenters. The molecule has 0 fully saturated rings. The number of aliphatic hydroxyl groups excluding tert-OH is 2. The standard InChI is InChI=1S/C14H32O5Si/c1-12(2)14(3,4)20-13(16)11-19-10-9-18-8-7-17-6-5-15/h12-13,15-16H,5-11,20H2,1-4H3. The Morgan fingerprint density at radius 2 is 1.45 bits per heavy atom. The van der Waals surface area contributed by atoms with Gasteiger partial charge in [0.25, 0.3) is 0 Å². The number of rotatable bonds is 13. The van der Waals surface area contributed by atoms with E-state index in [0.717, 1.165) is 0 Å². The molecule has 0 aliphatic heterocycles. The molecule has 0 amide bonds. The van der Waals surface area contributed by atoms with Crippen LogP contribution in [0.25, 0.3) is 0 Å². The van der Waals surface area contributed by atoms with Crippen molar-refractivity contribution in [2.24, 2.45) is 5.92 Å². The summed E-state index contributed by atoms with van der Waals surface area (Å²) in [6, 6.07) is 0.